The minimum absolute atomic E-state index is 0.197. The lowest BCUT2D eigenvalue weighted by molar-refractivity contribution is 0.445. The zero-order valence-electron chi connectivity index (χ0n) is 15.1. The van der Waals surface area contributed by atoms with Crippen LogP contribution in [0, 0.1) is 0 Å². The lowest BCUT2D eigenvalue weighted by atomic mass is 9.90. The molecule has 1 aliphatic rings. The average Bonchev–Trinajstić information content (AvgIpc) is 2.67. The van der Waals surface area contributed by atoms with Crippen molar-refractivity contribution in [3.63, 3.8) is 0 Å². The number of fused-ring (bicyclic) bond motifs is 1. The van der Waals surface area contributed by atoms with Crippen molar-refractivity contribution in [2.24, 2.45) is 5.10 Å². The highest BCUT2D eigenvalue weighted by Crippen LogP contribution is 2.22. The Hall–Kier alpha value is -2.25. The van der Waals surface area contributed by atoms with Crippen molar-refractivity contribution in [1.29, 1.82) is 0 Å². The number of pyridine rings is 1. The molecule has 26 heavy (non-hydrogen) atoms. The van der Waals surface area contributed by atoms with E-state index in [1.54, 1.807) is 12.1 Å². The molecule has 7 heteroatoms. The van der Waals surface area contributed by atoms with Gasteiger partial charge in [-0.1, -0.05) is 38.1 Å². The first-order chi connectivity index (χ1) is 12.6. The maximum Gasteiger partial charge on any atom is 0.244 e. The molecule has 0 fully saturated rings. The number of hydrogen-bond donors (Lipinski definition) is 1. The maximum atomic E-state index is 12.5. The molecule has 0 bridgehead atoms. The number of aryl methyl sites for hydroxylation is 1. The van der Waals surface area contributed by atoms with Crippen LogP contribution in [0.5, 0.6) is 0 Å². The average molecular weight is 372 g/mol. The molecule has 1 N–H and O–H groups in total. The van der Waals surface area contributed by atoms with E-state index in [1.165, 1.54) is 21.6 Å². The first kappa shape index (κ1) is 18.5. The second-order valence-electron chi connectivity index (χ2n) is 6.15. The van der Waals surface area contributed by atoms with Crippen LogP contribution in [0.3, 0.4) is 0 Å². The zero-order chi connectivity index (χ0) is 18.6. The van der Waals surface area contributed by atoms with Crippen LogP contribution in [0.4, 0.5) is 5.82 Å². The minimum atomic E-state index is -3.49. The summed E-state index contributed by atoms with van der Waals surface area (Å²) in [5, 5.41) is 4.50. The summed E-state index contributed by atoms with van der Waals surface area (Å²) >= 11 is 0. The molecule has 138 valence electrons. The van der Waals surface area contributed by atoms with Gasteiger partial charge in [0.25, 0.3) is 0 Å². The van der Waals surface area contributed by atoms with E-state index in [4.69, 9.17) is 0 Å². The van der Waals surface area contributed by atoms with Crippen LogP contribution in [0.1, 0.15) is 37.8 Å². The van der Waals surface area contributed by atoms with Crippen molar-refractivity contribution >= 4 is 21.6 Å². The number of hydrogen-bond acceptors (Lipinski definition) is 5. The van der Waals surface area contributed by atoms with Gasteiger partial charge in [-0.25, -0.2) is 13.4 Å². The van der Waals surface area contributed by atoms with Crippen molar-refractivity contribution in [1.82, 2.24) is 9.29 Å². The Labute approximate surface area is 155 Å². The molecule has 0 unspecified atom stereocenters. The molecule has 0 spiro atoms. The topological polar surface area (TPSA) is 74.7 Å². The summed E-state index contributed by atoms with van der Waals surface area (Å²) in [6.07, 6.45) is 4.45. The molecular formula is C19H24N4O2S. The summed E-state index contributed by atoms with van der Waals surface area (Å²) in [5.74, 6) is 0.527. The molecule has 1 aromatic heterocycles. The molecule has 0 saturated carbocycles. The van der Waals surface area contributed by atoms with Crippen LogP contribution in [0.15, 0.2) is 52.6 Å². The number of hydrazone groups is 1. The van der Waals surface area contributed by atoms with Crippen LogP contribution in [0.25, 0.3) is 0 Å². The summed E-state index contributed by atoms with van der Waals surface area (Å²) in [6, 6.07) is 11.5. The normalized spacial score (nSPS) is 15.9. The van der Waals surface area contributed by atoms with Gasteiger partial charge in [0.1, 0.15) is 10.7 Å². The van der Waals surface area contributed by atoms with Crippen molar-refractivity contribution in [3.8, 4) is 0 Å². The van der Waals surface area contributed by atoms with Crippen molar-refractivity contribution in [2.75, 3.05) is 18.5 Å². The zero-order valence-corrected chi connectivity index (χ0v) is 16.0. The van der Waals surface area contributed by atoms with E-state index in [0.29, 0.717) is 18.9 Å². The highest BCUT2D eigenvalue weighted by molar-refractivity contribution is 7.89. The van der Waals surface area contributed by atoms with E-state index in [2.05, 4.69) is 27.6 Å². The number of sulfonamides is 1. The van der Waals surface area contributed by atoms with Gasteiger partial charge in [-0.3, -0.25) is 5.43 Å². The summed E-state index contributed by atoms with van der Waals surface area (Å²) in [4.78, 5) is 4.41. The molecule has 3 rings (SSSR count). The number of benzene rings is 1. The summed E-state index contributed by atoms with van der Waals surface area (Å²) < 4.78 is 26.4. The molecule has 6 nitrogen and oxygen atoms in total. The Morgan fingerprint density at radius 3 is 2.58 bits per heavy atom. The van der Waals surface area contributed by atoms with E-state index >= 15 is 0 Å². The van der Waals surface area contributed by atoms with E-state index in [-0.39, 0.29) is 4.90 Å². The highest BCUT2D eigenvalue weighted by Gasteiger charge is 2.21. The molecule has 2 aromatic rings. The standard InChI is InChI=1S/C19H24N4O2S/c1-3-23(4-2)26(24,25)16-12-13-19(20-14-16)22-21-18-11-7-9-15-8-5-6-10-17(15)18/h5-6,8,10,12-14H,3-4,7,9,11H2,1-2H3,(H,20,22). The fraction of sp³-hybridized carbons (Fsp3) is 0.368. The highest BCUT2D eigenvalue weighted by atomic mass is 32.2. The third kappa shape index (κ3) is 3.78. The molecule has 0 saturated heterocycles. The lowest BCUT2D eigenvalue weighted by Gasteiger charge is -2.18. The predicted molar refractivity (Wildman–Crippen MR) is 104 cm³/mol. The van der Waals surface area contributed by atoms with Crippen LogP contribution in [0.2, 0.25) is 0 Å². The van der Waals surface area contributed by atoms with E-state index in [9.17, 15) is 8.42 Å². The quantitative estimate of drug-likeness (QED) is 0.790. The van der Waals surface area contributed by atoms with E-state index < -0.39 is 10.0 Å². The van der Waals surface area contributed by atoms with Crippen LogP contribution >= 0.6 is 0 Å². The first-order valence-corrected chi connectivity index (χ1v) is 10.4. The third-order valence-electron chi connectivity index (χ3n) is 4.57. The van der Waals surface area contributed by atoms with Gasteiger partial charge in [0, 0.05) is 24.8 Å². The van der Waals surface area contributed by atoms with E-state index in [0.717, 1.165) is 25.0 Å². The molecular weight excluding hydrogens is 348 g/mol. The van der Waals surface area contributed by atoms with Gasteiger partial charge in [0.15, 0.2) is 0 Å². The Morgan fingerprint density at radius 1 is 1.12 bits per heavy atom. The Balaban J connectivity index is 1.77. The van der Waals surface area contributed by atoms with Crippen LogP contribution in [-0.2, 0) is 16.4 Å². The Kier molecular flexibility index (Phi) is 5.68. The number of nitrogens with one attached hydrogen (secondary N) is 1. The summed E-state index contributed by atoms with van der Waals surface area (Å²) in [6.45, 7) is 4.52. The monoisotopic (exact) mass is 372 g/mol. The fourth-order valence-corrected chi connectivity index (χ4v) is 4.56. The van der Waals surface area contributed by atoms with Gasteiger partial charge >= 0.3 is 0 Å². The second-order valence-corrected chi connectivity index (χ2v) is 8.09. The molecule has 1 aromatic carbocycles. The van der Waals surface area contributed by atoms with Crippen molar-refractivity contribution in [3.05, 3.63) is 53.7 Å². The van der Waals surface area contributed by atoms with Gasteiger partial charge < -0.3 is 0 Å². The molecule has 1 aliphatic carbocycles. The maximum absolute atomic E-state index is 12.5. The molecule has 0 radical (unpaired) electrons. The van der Waals surface area contributed by atoms with Gasteiger partial charge in [0.05, 0.1) is 5.71 Å². The second kappa shape index (κ2) is 7.97. The number of aromatic nitrogens is 1. The predicted octanol–water partition coefficient (Wildman–Crippen LogP) is 3.26. The van der Waals surface area contributed by atoms with Gasteiger partial charge in [-0.15, -0.1) is 0 Å². The van der Waals surface area contributed by atoms with Crippen LogP contribution in [-0.4, -0.2) is 36.5 Å². The van der Waals surface area contributed by atoms with Crippen molar-refractivity contribution in [2.45, 2.75) is 38.0 Å². The summed E-state index contributed by atoms with van der Waals surface area (Å²) in [7, 11) is -3.49. The van der Waals surface area contributed by atoms with Gasteiger partial charge in [0.2, 0.25) is 10.0 Å². The molecule has 1 heterocycles. The van der Waals surface area contributed by atoms with Gasteiger partial charge in [-0.05, 0) is 37.0 Å². The SMILES string of the molecule is CCN(CC)S(=O)(=O)c1ccc(NN=C2CCCc3ccccc32)nc1. The van der Waals surface area contributed by atoms with E-state index in [1.807, 2.05) is 26.0 Å². The third-order valence-corrected chi connectivity index (χ3v) is 6.61. The fourth-order valence-electron chi connectivity index (χ4n) is 3.15. The first-order valence-electron chi connectivity index (χ1n) is 8.93. The lowest BCUT2D eigenvalue weighted by Crippen LogP contribution is -2.30. The Bertz CT molecular complexity index is 888. The Morgan fingerprint density at radius 2 is 1.88 bits per heavy atom. The molecule has 0 aliphatic heterocycles. The van der Waals surface area contributed by atoms with Gasteiger partial charge in [-0.2, -0.15) is 9.41 Å². The molecule has 0 atom stereocenters. The number of anilines is 1. The van der Waals surface area contributed by atoms with Crippen molar-refractivity contribution < 1.29 is 8.42 Å². The summed E-state index contributed by atoms with van der Waals surface area (Å²) in [5.41, 5.74) is 6.45. The number of nitrogens with zero attached hydrogens (tertiary/aromatic N) is 3. The largest absolute Gasteiger partial charge is 0.261 e. The van der Waals surface area contributed by atoms with Crippen LogP contribution < -0.4 is 5.43 Å². The smallest absolute Gasteiger partial charge is 0.244 e. The minimum Gasteiger partial charge on any atom is -0.261 e. The molecule has 0 amide bonds. The number of rotatable bonds is 6.